The molecule has 2 amide bonds. The molecular formula is C25H24N4O4. The molecule has 1 aliphatic carbocycles. The van der Waals surface area contributed by atoms with Gasteiger partial charge in [0.2, 0.25) is 12.7 Å². The largest absolute Gasteiger partial charge is 0.454 e. The maximum atomic E-state index is 12.9. The first-order chi connectivity index (χ1) is 16.1. The first-order valence-corrected chi connectivity index (χ1v) is 11.2. The quantitative estimate of drug-likeness (QED) is 0.666. The summed E-state index contributed by atoms with van der Waals surface area (Å²) in [4.78, 5) is 27.7. The highest BCUT2D eigenvalue weighted by Crippen LogP contribution is 2.59. The number of rotatable bonds is 4. The molecule has 1 N–H and O–H groups in total. The molecule has 6 rings (SSSR count). The molecule has 8 heteroatoms. The van der Waals surface area contributed by atoms with Crippen LogP contribution in [0.3, 0.4) is 0 Å². The Morgan fingerprint density at radius 1 is 1.03 bits per heavy atom. The lowest BCUT2D eigenvalue weighted by Crippen LogP contribution is -2.40. The summed E-state index contributed by atoms with van der Waals surface area (Å²) in [5.74, 6) is 1.36. The molecule has 1 aromatic heterocycles. The van der Waals surface area contributed by atoms with Gasteiger partial charge in [0, 0.05) is 42.7 Å². The lowest BCUT2D eigenvalue weighted by molar-refractivity contribution is -0.118. The molecule has 1 atom stereocenters. The zero-order valence-electron chi connectivity index (χ0n) is 18.1. The fourth-order valence-electron chi connectivity index (χ4n) is 4.99. The van der Waals surface area contributed by atoms with E-state index in [2.05, 4.69) is 10.4 Å². The van der Waals surface area contributed by atoms with E-state index in [1.165, 1.54) is 0 Å². The molecule has 3 heterocycles. The fraction of sp³-hybridized carbons (Fsp3) is 0.320. The second kappa shape index (κ2) is 7.65. The van der Waals surface area contributed by atoms with Gasteiger partial charge in [0.25, 0.3) is 5.91 Å². The molecule has 168 valence electrons. The average molecular weight is 444 g/mol. The van der Waals surface area contributed by atoms with Gasteiger partial charge in [-0.1, -0.05) is 0 Å². The van der Waals surface area contributed by atoms with Gasteiger partial charge in [0.1, 0.15) is 0 Å². The molecule has 1 unspecified atom stereocenters. The van der Waals surface area contributed by atoms with E-state index in [0.29, 0.717) is 30.2 Å². The number of carbonyl (C=O) groups is 2. The minimum Gasteiger partial charge on any atom is -0.454 e. The van der Waals surface area contributed by atoms with E-state index in [1.807, 2.05) is 41.4 Å². The normalized spacial score (nSPS) is 20.0. The second-order valence-electron chi connectivity index (χ2n) is 8.97. The van der Waals surface area contributed by atoms with Gasteiger partial charge >= 0.3 is 0 Å². The zero-order chi connectivity index (χ0) is 22.4. The van der Waals surface area contributed by atoms with Gasteiger partial charge in [0.05, 0.1) is 5.69 Å². The third kappa shape index (κ3) is 3.61. The van der Waals surface area contributed by atoms with Crippen molar-refractivity contribution in [3.05, 3.63) is 66.5 Å². The van der Waals surface area contributed by atoms with Gasteiger partial charge in [-0.3, -0.25) is 9.59 Å². The number of hydrogen-bond acceptors (Lipinski definition) is 5. The predicted molar refractivity (Wildman–Crippen MR) is 120 cm³/mol. The minimum absolute atomic E-state index is 0.00192. The molecule has 3 aliphatic rings. The van der Waals surface area contributed by atoms with Crippen LogP contribution in [0, 0.1) is 11.3 Å². The van der Waals surface area contributed by atoms with Crippen molar-refractivity contribution in [1.82, 2.24) is 14.7 Å². The molecule has 2 aliphatic heterocycles. The van der Waals surface area contributed by atoms with Crippen LogP contribution in [-0.2, 0) is 4.79 Å². The Bertz CT molecular complexity index is 1200. The Balaban J connectivity index is 1.04. The molecule has 33 heavy (non-hydrogen) atoms. The second-order valence-corrected chi connectivity index (χ2v) is 8.97. The molecule has 1 saturated heterocycles. The SMILES string of the molecule is O=C(Nc1ccc(-n2cccn2)cc1)C1CC12CCN(C(=O)c1ccc3c(c1)OCO3)CC2. The Labute approximate surface area is 191 Å². The first kappa shape index (κ1) is 19.8. The molecule has 1 spiro atoms. The van der Waals surface area contributed by atoms with E-state index in [9.17, 15) is 9.59 Å². The highest BCUT2D eigenvalue weighted by Gasteiger charge is 2.58. The summed E-state index contributed by atoms with van der Waals surface area (Å²) in [6.45, 7) is 1.52. The summed E-state index contributed by atoms with van der Waals surface area (Å²) in [6, 6.07) is 14.9. The Kier molecular flexibility index (Phi) is 4.60. The van der Waals surface area contributed by atoms with Crippen molar-refractivity contribution in [2.75, 3.05) is 25.2 Å². The highest BCUT2D eigenvalue weighted by atomic mass is 16.7. The Hall–Kier alpha value is -3.81. The number of nitrogens with one attached hydrogen (secondary N) is 1. The van der Waals surface area contributed by atoms with E-state index in [0.717, 1.165) is 30.6 Å². The highest BCUT2D eigenvalue weighted by molar-refractivity contribution is 5.96. The smallest absolute Gasteiger partial charge is 0.253 e. The van der Waals surface area contributed by atoms with Crippen molar-refractivity contribution in [3.63, 3.8) is 0 Å². The average Bonchev–Trinajstić information content (AvgIpc) is 3.21. The number of ether oxygens (including phenoxy) is 2. The number of nitrogens with zero attached hydrogens (tertiary/aromatic N) is 3. The van der Waals surface area contributed by atoms with Gasteiger partial charge < -0.3 is 19.7 Å². The maximum absolute atomic E-state index is 12.9. The van der Waals surface area contributed by atoms with E-state index in [4.69, 9.17) is 9.47 Å². The van der Waals surface area contributed by atoms with Crippen molar-refractivity contribution >= 4 is 17.5 Å². The number of carbonyl (C=O) groups excluding carboxylic acids is 2. The number of anilines is 1. The Morgan fingerprint density at radius 2 is 1.82 bits per heavy atom. The first-order valence-electron chi connectivity index (χ1n) is 11.2. The Morgan fingerprint density at radius 3 is 2.58 bits per heavy atom. The molecule has 3 aromatic rings. The van der Waals surface area contributed by atoms with Gasteiger partial charge in [-0.2, -0.15) is 5.10 Å². The van der Waals surface area contributed by atoms with E-state index >= 15 is 0 Å². The van der Waals surface area contributed by atoms with Crippen LogP contribution in [0.15, 0.2) is 60.9 Å². The van der Waals surface area contributed by atoms with Gasteiger partial charge in [-0.05, 0) is 73.2 Å². The number of aromatic nitrogens is 2. The van der Waals surface area contributed by atoms with E-state index < -0.39 is 0 Å². The van der Waals surface area contributed by atoms with Crippen molar-refractivity contribution in [3.8, 4) is 17.2 Å². The van der Waals surface area contributed by atoms with Crippen LogP contribution in [-0.4, -0.2) is 46.4 Å². The number of piperidine rings is 1. The topological polar surface area (TPSA) is 85.7 Å². The lowest BCUT2D eigenvalue weighted by atomic mass is 9.90. The molecule has 1 saturated carbocycles. The van der Waals surface area contributed by atoms with Crippen molar-refractivity contribution in [2.45, 2.75) is 19.3 Å². The number of fused-ring (bicyclic) bond motifs is 1. The fourth-order valence-corrected chi connectivity index (χ4v) is 4.99. The predicted octanol–water partition coefficient (Wildman–Crippen LogP) is 3.48. The molecule has 2 aromatic carbocycles. The van der Waals surface area contributed by atoms with E-state index in [1.54, 1.807) is 29.1 Å². The molecule has 0 radical (unpaired) electrons. The van der Waals surface area contributed by atoms with Crippen molar-refractivity contribution < 1.29 is 19.1 Å². The van der Waals surface area contributed by atoms with E-state index in [-0.39, 0.29) is 29.9 Å². The van der Waals surface area contributed by atoms with Crippen molar-refractivity contribution in [1.29, 1.82) is 0 Å². The van der Waals surface area contributed by atoms with Gasteiger partial charge in [-0.25, -0.2) is 4.68 Å². The maximum Gasteiger partial charge on any atom is 0.253 e. The van der Waals surface area contributed by atoms with Crippen LogP contribution in [0.4, 0.5) is 5.69 Å². The summed E-state index contributed by atoms with van der Waals surface area (Å²) >= 11 is 0. The summed E-state index contributed by atoms with van der Waals surface area (Å²) in [7, 11) is 0. The summed E-state index contributed by atoms with van der Waals surface area (Å²) in [6.07, 6.45) is 6.19. The zero-order valence-corrected chi connectivity index (χ0v) is 18.1. The number of hydrogen-bond donors (Lipinski definition) is 1. The van der Waals surface area contributed by atoms with Crippen LogP contribution in [0.2, 0.25) is 0 Å². The van der Waals surface area contributed by atoms with Crippen LogP contribution in [0.25, 0.3) is 5.69 Å². The van der Waals surface area contributed by atoms with Crippen LogP contribution < -0.4 is 14.8 Å². The lowest BCUT2D eigenvalue weighted by Gasteiger charge is -2.33. The minimum atomic E-state index is 0.00192. The number of amides is 2. The van der Waals surface area contributed by atoms with Gasteiger partial charge in [-0.15, -0.1) is 0 Å². The molecule has 2 fully saturated rings. The number of likely N-dealkylation sites (tertiary alicyclic amines) is 1. The number of benzene rings is 2. The molecule has 0 bridgehead atoms. The molecule has 8 nitrogen and oxygen atoms in total. The summed E-state index contributed by atoms with van der Waals surface area (Å²) in [5, 5.41) is 7.27. The molecular weight excluding hydrogens is 420 g/mol. The van der Waals surface area contributed by atoms with Crippen LogP contribution >= 0.6 is 0 Å². The summed E-state index contributed by atoms with van der Waals surface area (Å²) < 4.78 is 12.5. The third-order valence-electron chi connectivity index (χ3n) is 7.08. The summed E-state index contributed by atoms with van der Waals surface area (Å²) in [5.41, 5.74) is 2.36. The monoisotopic (exact) mass is 444 g/mol. The third-order valence-corrected chi connectivity index (χ3v) is 7.08. The van der Waals surface area contributed by atoms with Crippen LogP contribution in [0.5, 0.6) is 11.5 Å². The van der Waals surface area contributed by atoms with Gasteiger partial charge in [0.15, 0.2) is 11.5 Å². The van der Waals surface area contributed by atoms with Crippen LogP contribution in [0.1, 0.15) is 29.6 Å². The van der Waals surface area contributed by atoms with Crippen molar-refractivity contribution in [2.24, 2.45) is 11.3 Å². The standard InChI is InChI=1S/C25H24N4O4/c30-23(27-18-3-5-19(6-4-18)29-11-1-10-26-29)20-15-25(20)8-12-28(13-9-25)24(31)17-2-7-21-22(14-17)33-16-32-21/h1-7,10-11,14,20H,8-9,12-13,15-16H2,(H,27,30).